The minimum absolute atomic E-state index is 0.0307. The quantitative estimate of drug-likeness (QED) is 0.669. The zero-order valence-electron chi connectivity index (χ0n) is 17.2. The van der Waals surface area contributed by atoms with E-state index in [-0.39, 0.29) is 41.1 Å². The molecule has 160 valence electrons. The summed E-state index contributed by atoms with van der Waals surface area (Å²) in [6.45, 7) is 4.83. The van der Waals surface area contributed by atoms with Crippen molar-refractivity contribution in [3.63, 3.8) is 0 Å². The molecule has 0 spiro atoms. The van der Waals surface area contributed by atoms with Gasteiger partial charge in [0.25, 0.3) is 0 Å². The lowest BCUT2D eigenvalue weighted by Crippen LogP contribution is -2.36. The maximum Gasteiger partial charge on any atom is 0.240 e. The molecule has 3 rings (SSSR count). The summed E-state index contributed by atoms with van der Waals surface area (Å²) >= 11 is 0. The summed E-state index contributed by atoms with van der Waals surface area (Å²) in [7, 11) is -3.48. The normalized spacial score (nSPS) is 20.6. The molecule has 1 aromatic carbocycles. The van der Waals surface area contributed by atoms with Crippen LogP contribution in [0.25, 0.3) is 0 Å². The van der Waals surface area contributed by atoms with Gasteiger partial charge in [0, 0.05) is 31.6 Å². The number of hydrogen-bond donors (Lipinski definition) is 2. The van der Waals surface area contributed by atoms with E-state index in [1.54, 1.807) is 29.2 Å². The number of carbonyl (C=O) groups is 2. The van der Waals surface area contributed by atoms with Gasteiger partial charge in [0.2, 0.25) is 21.8 Å². The van der Waals surface area contributed by atoms with E-state index in [4.69, 9.17) is 0 Å². The molecule has 1 aliphatic carbocycles. The summed E-state index contributed by atoms with van der Waals surface area (Å²) < 4.78 is 27.7. The van der Waals surface area contributed by atoms with E-state index in [9.17, 15) is 18.0 Å². The molecule has 7 nitrogen and oxygen atoms in total. The first-order valence-corrected chi connectivity index (χ1v) is 11.9. The Morgan fingerprint density at radius 2 is 1.83 bits per heavy atom. The van der Waals surface area contributed by atoms with Gasteiger partial charge in [-0.25, -0.2) is 13.1 Å². The Morgan fingerprint density at radius 1 is 1.17 bits per heavy atom. The van der Waals surface area contributed by atoms with E-state index in [0.717, 1.165) is 31.2 Å². The lowest BCUT2D eigenvalue weighted by Gasteiger charge is -2.20. The Hall–Kier alpha value is -1.93. The molecule has 1 atom stereocenters. The van der Waals surface area contributed by atoms with Crippen molar-refractivity contribution in [1.82, 2.24) is 14.9 Å². The third-order valence-electron chi connectivity index (χ3n) is 5.78. The number of nitrogens with zero attached hydrogens (tertiary/aromatic N) is 1. The number of sulfonamides is 1. The van der Waals surface area contributed by atoms with Crippen LogP contribution in [0.5, 0.6) is 0 Å². The summed E-state index contributed by atoms with van der Waals surface area (Å²) in [5.41, 5.74) is 0.955. The average molecular weight is 422 g/mol. The SMILES string of the molecule is CC(C)N1CC(C(=O)NCCc2ccc(S(=O)(=O)NC3CCCC3)cc2)CC1=O. The molecule has 2 amide bonds. The van der Waals surface area contributed by atoms with Gasteiger partial charge in [0.15, 0.2) is 0 Å². The molecule has 2 aliphatic rings. The lowest BCUT2D eigenvalue weighted by atomic mass is 10.1. The van der Waals surface area contributed by atoms with Crippen LogP contribution in [-0.4, -0.2) is 50.3 Å². The molecule has 0 aromatic heterocycles. The number of benzene rings is 1. The molecule has 0 bridgehead atoms. The zero-order valence-corrected chi connectivity index (χ0v) is 18.0. The molecule has 29 heavy (non-hydrogen) atoms. The van der Waals surface area contributed by atoms with Gasteiger partial charge in [0.05, 0.1) is 10.8 Å². The average Bonchev–Trinajstić information content (AvgIpc) is 3.31. The Kier molecular flexibility index (Phi) is 6.95. The van der Waals surface area contributed by atoms with Crippen LogP contribution >= 0.6 is 0 Å². The molecule has 1 aliphatic heterocycles. The highest BCUT2D eigenvalue weighted by Gasteiger charge is 2.35. The van der Waals surface area contributed by atoms with E-state index < -0.39 is 10.0 Å². The number of rotatable bonds is 8. The van der Waals surface area contributed by atoms with Gasteiger partial charge in [0.1, 0.15) is 0 Å². The van der Waals surface area contributed by atoms with Crippen LogP contribution in [0.3, 0.4) is 0 Å². The van der Waals surface area contributed by atoms with E-state index in [1.807, 2.05) is 13.8 Å². The van der Waals surface area contributed by atoms with Crippen LogP contribution in [0.4, 0.5) is 0 Å². The van der Waals surface area contributed by atoms with E-state index >= 15 is 0 Å². The van der Waals surface area contributed by atoms with Gasteiger partial charge in [-0.05, 0) is 50.8 Å². The van der Waals surface area contributed by atoms with Crippen LogP contribution in [-0.2, 0) is 26.0 Å². The molecular weight excluding hydrogens is 390 g/mol. The van der Waals surface area contributed by atoms with E-state index in [1.165, 1.54) is 0 Å². The molecule has 0 radical (unpaired) electrons. The first-order chi connectivity index (χ1) is 13.8. The van der Waals surface area contributed by atoms with Crippen LogP contribution in [0.15, 0.2) is 29.2 Å². The fraction of sp³-hybridized carbons (Fsp3) is 0.619. The maximum absolute atomic E-state index is 12.5. The van der Waals surface area contributed by atoms with Crippen molar-refractivity contribution in [2.75, 3.05) is 13.1 Å². The van der Waals surface area contributed by atoms with Crippen molar-refractivity contribution >= 4 is 21.8 Å². The van der Waals surface area contributed by atoms with Crippen LogP contribution < -0.4 is 10.0 Å². The zero-order chi connectivity index (χ0) is 21.0. The minimum atomic E-state index is -3.48. The molecule has 1 saturated carbocycles. The summed E-state index contributed by atoms with van der Waals surface area (Å²) in [5, 5.41) is 2.90. The van der Waals surface area contributed by atoms with E-state index in [0.29, 0.717) is 19.5 Å². The Labute approximate surface area is 173 Å². The highest BCUT2D eigenvalue weighted by atomic mass is 32.2. The van der Waals surface area contributed by atoms with Gasteiger partial charge in [-0.2, -0.15) is 0 Å². The molecule has 8 heteroatoms. The predicted octanol–water partition coefficient (Wildman–Crippen LogP) is 1.82. The van der Waals surface area contributed by atoms with Crippen molar-refractivity contribution in [2.24, 2.45) is 5.92 Å². The van der Waals surface area contributed by atoms with Gasteiger partial charge < -0.3 is 10.2 Å². The summed E-state index contributed by atoms with van der Waals surface area (Å²) in [5.74, 6) is -0.358. The summed E-state index contributed by atoms with van der Waals surface area (Å²) in [6, 6.07) is 6.96. The largest absolute Gasteiger partial charge is 0.355 e. The number of nitrogens with one attached hydrogen (secondary N) is 2. The molecule has 2 N–H and O–H groups in total. The van der Waals surface area contributed by atoms with Gasteiger partial charge in [-0.15, -0.1) is 0 Å². The number of hydrogen-bond acceptors (Lipinski definition) is 4. The highest BCUT2D eigenvalue weighted by Crippen LogP contribution is 2.21. The van der Waals surface area contributed by atoms with Crippen molar-refractivity contribution < 1.29 is 18.0 Å². The Balaban J connectivity index is 1.47. The molecule has 1 unspecified atom stereocenters. The van der Waals surface area contributed by atoms with Gasteiger partial charge in [-0.3, -0.25) is 9.59 Å². The first kappa shape index (κ1) is 21.8. The second kappa shape index (κ2) is 9.26. The Bertz CT molecular complexity index is 830. The molecule has 1 aromatic rings. The fourth-order valence-corrected chi connectivity index (χ4v) is 5.35. The number of carbonyl (C=O) groups excluding carboxylic acids is 2. The monoisotopic (exact) mass is 421 g/mol. The number of likely N-dealkylation sites (tertiary alicyclic amines) is 1. The van der Waals surface area contributed by atoms with Crippen LogP contribution in [0.2, 0.25) is 0 Å². The topological polar surface area (TPSA) is 95.6 Å². The third-order valence-corrected chi connectivity index (χ3v) is 7.31. The fourth-order valence-electron chi connectivity index (χ4n) is 4.05. The second-order valence-electron chi connectivity index (χ2n) is 8.33. The van der Waals surface area contributed by atoms with Crippen molar-refractivity contribution in [1.29, 1.82) is 0 Å². The van der Waals surface area contributed by atoms with Crippen molar-refractivity contribution in [2.45, 2.75) is 69.4 Å². The molecular formula is C21H31N3O4S. The van der Waals surface area contributed by atoms with Gasteiger partial charge in [-0.1, -0.05) is 25.0 Å². The van der Waals surface area contributed by atoms with E-state index in [2.05, 4.69) is 10.0 Å². The van der Waals surface area contributed by atoms with Crippen molar-refractivity contribution in [3.05, 3.63) is 29.8 Å². The van der Waals surface area contributed by atoms with Gasteiger partial charge >= 0.3 is 0 Å². The maximum atomic E-state index is 12.5. The number of amides is 2. The molecule has 1 saturated heterocycles. The summed E-state index contributed by atoms with van der Waals surface area (Å²) in [4.78, 5) is 26.3. The standard InChI is InChI=1S/C21H31N3O4S/c1-15(2)24-14-17(13-20(24)25)21(26)22-12-11-16-7-9-19(10-8-16)29(27,28)23-18-5-3-4-6-18/h7-10,15,17-18,23H,3-6,11-14H2,1-2H3,(H,22,26). The smallest absolute Gasteiger partial charge is 0.240 e. The lowest BCUT2D eigenvalue weighted by molar-refractivity contribution is -0.129. The third kappa shape index (κ3) is 5.57. The van der Waals surface area contributed by atoms with Crippen molar-refractivity contribution in [3.8, 4) is 0 Å². The Morgan fingerprint density at radius 3 is 2.41 bits per heavy atom. The highest BCUT2D eigenvalue weighted by molar-refractivity contribution is 7.89. The second-order valence-corrected chi connectivity index (χ2v) is 10.0. The molecule has 1 heterocycles. The van der Waals surface area contributed by atoms with Crippen LogP contribution in [0.1, 0.15) is 51.5 Å². The molecule has 2 fully saturated rings. The predicted molar refractivity (Wildman–Crippen MR) is 111 cm³/mol. The summed E-state index contributed by atoms with van der Waals surface area (Å²) in [6.07, 6.45) is 4.82. The first-order valence-electron chi connectivity index (χ1n) is 10.4. The van der Waals surface area contributed by atoms with Crippen LogP contribution in [0, 0.1) is 5.92 Å². The minimum Gasteiger partial charge on any atom is -0.355 e.